The van der Waals surface area contributed by atoms with Gasteiger partial charge in [-0.1, -0.05) is 26.0 Å². The summed E-state index contributed by atoms with van der Waals surface area (Å²) in [5, 5.41) is 2.92. The number of hydrogen-bond acceptors (Lipinski definition) is 5. The van der Waals surface area contributed by atoms with E-state index in [1.807, 2.05) is 38.1 Å². The van der Waals surface area contributed by atoms with Crippen LogP contribution in [-0.2, 0) is 14.8 Å². The maximum Gasteiger partial charge on any atom is 0.241 e. The first-order chi connectivity index (χ1) is 14.3. The fourth-order valence-corrected chi connectivity index (χ4v) is 3.81. The van der Waals surface area contributed by atoms with E-state index in [2.05, 4.69) is 5.32 Å². The molecule has 8 heteroatoms. The summed E-state index contributed by atoms with van der Waals surface area (Å²) in [4.78, 5) is 12.7. The number of sulfonamides is 1. The summed E-state index contributed by atoms with van der Waals surface area (Å²) >= 11 is 0. The summed E-state index contributed by atoms with van der Waals surface area (Å²) in [7, 11) is -2.05. The molecule has 0 aliphatic carbocycles. The minimum absolute atomic E-state index is 0.227. The normalized spacial score (nSPS) is 12.1. The zero-order valence-electron chi connectivity index (χ0n) is 17.9. The Hall–Kier alpha value is -2.74. The van der Waals surface area contributed by atoms with Crippen LogP contribution >= 0.6 is 0 Å². The lowest BCUT2D eigenvalue weighted by Gasteiger charge is -2.24. The van der Waals surface area contributed by atoms with Gasteiger partial charge in [-0.05, 0) is 54.8 Å². The zero-order valence-corrected chi connectivity index (χ0v) is 18.7. The maximum absolute atomic E-state index is 12.7. The van der Waals surface area contributed by atoms with Crippen molar-refractivity contribution in [2.75, 3.05) is 30.8 Å². The lowest BCUT2D eigenvalue weighted by Crippen LogP contribution is -2.41. The van der Waals surface area contributed by atoms with Gasteiger partial charge in [0.25, 0.3) is 0 Å². The Morgan fingerprint density at radius 2 is 1.63 bits per heavy atom. The maximum atomic E-state index is 12.7. The number of methoxy groups -OCH3 is 1. The first kappa shape index (κ1) is 23.5. The molecule has 30 heavy (non-hydrogen) atoms. The number of carbonyl (C=O) groups is 1. The fourth-order valence-electron chi connectivity index (χ4n) is 2.96. The van der Waals surface area contributed by atoms with Crippen LogP contribution in [0.25, 0.3) is 0 Å². The van der Waals surface area contributed by atoms with Crippen molar-refractivity contribution in [2.45, 2.75) is 32.7 Å². The molecule has 2 aromatic carbocycles. The van der Waals surface area contributed by atoms with Gasteiger partial charge in [0.2, 0.25) is 15.9 Å². The van der Waals surface area contributed by atoms with Crippen molar-refractivity contribution in [1.82, 2.24) is 5.32 Å². The molecule has 0 unspecified atom stereocenters. The van der Waals surface area contributed by atoms with E-state index in [-0.39, 0.29) is 18.5 Å². The molecule has 0 saturated heterocycles. The molecular weight excluding hydrogens is 404 g/mol. The SMILES string of the molecule is CCCOc1ccc(N(CC(=O)N[C@H](CC)c2ccc(OC)cc2)S(C)(=O)=O)cc1. The predicted molar refractivity (Wildman–Crippen MR) is 119 cm³/mol. The monoisotopic (exact) mass is 434 g/mol. The minimum atomic E-state index is -3.64. The third-order valence-electron chi connectivity index (χ3n) is 4.55. The Morgan fingerprint density at radius 1 is 1.03 bits per heavy atom. The molecule has 2 rings (SSSR count). The first-order valence-corrected chi connectivity index (χ1v) is 11.8. The first-order valence-electron chi connectivity index (χ1n) is 9.92. The molecule has 164 valence electrons. The number of ether oxygens (including phenoxy) is 2. The lowest BCUT2D eigenvalue weighted by molar-refractivity contribution is -0.120. The quantitative estimate of drug-likeness (QED) is 0.585. The second kappa shape index (κ2) is 10.9. The molecular formula is C22H30N2O5S. The van der Waals surface area contributed by atoms with E-state index >= 15 is 0 Å². The van der Waals surface area contributed by atoms with Crippen LogP contribution in [0, 0.1) is 0 Å². The molecule has 0 fully saturated rings. The van der Waals surface area contributed by atoms with Gasteiger partial charge in [0.05, 0.1) is 31.7 Å². The molecule has 1 atom stereocenters. The Bertz CT molecular complexity index is 912. The molecule has 0 heterocycles. The van der Waals surface area contributed by atoms with Crippen molar-refractivity contribution in [3.05, 3.63) is 54.1 Å². The van der Waals surface area contributed by atoms with Crippen LogP contribution in [0.5, 0.6) is 11.5 Å². The largest absolute Gasteiger partial charge is 0.497 e. The predicted octanol–water partition coefficient (Wildman–Crippen LogP) is 3.52. The van der Waals surface area contributed by atoms with Gasteiger partial charge in [-0.25, -0.2) is 8.42 Å². The summed E-state index contributed by atoms with van der Waals surface area (Å²) in [6.07, 6.45) is 2.63. The minimum Gasteiger partial charge on any atom is -0.497 e. The molecule has 1 N–H and O–H groups in total. The highest BCUT2D eigenvalue weighted by molar-refractivity contribution is 7.92. The van der Waals surface area contributed by atoms with Gasteiger partial charge >= 0.3 is 0 Å². The summed E-state index contributed by atoms with van der Waals surface area (Å²) in [5.41, 5.74) is 1.34. The van der Waals surface area contributed by atoms with E-state index in [1.165, 1.54) is 0 Å². The number of rotatable bonds is 11. The molecule has 0 spiro atoms. The molecule has 0 saturated carbocycles. The smallest absolute Gasteiger partial charge is 0.241 e. The van der Waals surface area contributed by atoms with E-state index < -0.39 is 10.0 Å². The molecule has 0 aliphatic heterocycles. The Labute approximate surface area is 179 Å². The van der Waals surface area contributed by atoms with Crippen LogP contribution in [0.4, 0.5) is 5.69 Å². The van der Waals surface area contributed by atoms with Crippen LogP contribution in [0.1, 0.15) is 38.3 Å². The molecule has 2 aromatic rings. The number of nitrogens with zero attached hydrogens (tertiary/aromatic N) is 1. The summed E-state index contributed by atoms with van der Waals surface area (Å²) in [6.45, 7) is 4.24. The molecule has 0 bridgehead atoms. The van der Waals surface area contributed by atoms with Crippen molar-refractivity contribution < 1.29 is 22.7 Å². The molecule has 0 aromatic heterocycles. The summed E-state index contributed by atoms with van der Waals surface area (Å²) < 4.78 is 36.4. The van der Waals surface area contributed by atoms with Crippen molar-refractivity contribution >= 4 is 21.6 Å². The summed E-state index contributed by atoms with van der Waals surface area (Å²) in [6, 6.07) is 13.9. The molecule has 0 radical (unpaired) electrons. The number of anilines is 1. The number of carbonyl (C=O) groups excluding carboxylic acids is 1. The molecule has 7 nitrogen and oxygen atoms in total. The van der Waals surface area contributed by atoms with Crippen LogP contribution in [0.3, 0.4) is 0 Å². The Balaban J connectivity index is 2.12. The van der Waals surface area contributed by atoms with Crippen molar-refractivity contribution in [2.24, 2.45) is 0 Å². The highest BCUT2D eigenvalue weighted by atomic mass is 32.2. The van der Waals surface area contributed by atoms with Crippen LogP contribution in [0.2, 0.25) is 0 Å². The van der Waals surface area contributed by atoms with Crippen LogP contribution in [-0.4, -0.2) is 40.8 Å². The second-order valence-electron chi connectivity index (χ2n) is 6.91. The number of benzene rings is 2. The lowest BCUT2D eigenvalue weighted by atomic mass is 10.0. The van der Waals surface area contributed by atoms with E-state index in [9.17, 15) is 13.2 Å². The van der Waals surface area contributed by atoms with Gasteiger partial charge in [0.15, 0.2) is 0 Å². The van der Waals surface area contributed by atoms with Gasteiger partial charge < -0.3 is 14.8 Å². The fraction of sp³-hybridized carbons (Fsp3) is 0.409. The van der Waals surface area contributed by atoms with Crippen LogP contribution in [0.15, 0.2) is 48.5 Å². The standard InChI is InChI=1S/C22H30N2O5S/c1-5-15-29-20-13-9-18(10-14-20)24(30(4,26)27)16-22(25)23-21(6-2)17-7-11-19(28-3)12-8-17/h7-14,21H,5-6,15-16H2,1-4H3,(H,23,25)/t21-/m1/s1. The average Bonchev–Trinajstić information content (AvgIpc) is 2.74. The Kier molecular flexibility index (Phi) is 8.53. The van der Waals surface area contributed by atoms with Gasteiger partial charge in [-0.3, -0.25) is 9.10 Å². The third kappa shape index (κ3) is 6.66. The second-order valence-corrected chi connectivity index (χ2v) is 8.82. The summed E-state index contributed by atoms with van der Waals surface area (Å²) in [5.74, 6) is 1.01. The van der Waals surface area contributed by atoms with Gasteiger partial charge in [0.1, 0.15) is 18.0 Å². The van der Waals surface area contributed by atoms with E-state index in [4.69, 9.17) is 9.47 Å². The highest BCUT2D eigenvalue weighted by Crippen LogP contribution is 2.23. The van der Waals surface area contributed by atoms with E-state index in [0.717, 1.165) is 28.3 Å². The third-order valence-corrected chi connectivity index (χ3v) is 5.69. The van der Waals surface area contributed by atoms with Gasteiger partial charge in [-0.2, -0.15) is 0 Å². The van der Waals surface area contributed by atoms with E-state index in [0.29, 0.717) is 24.5 Å². The van der Waals surface area contributed by atoms with E-state index in [1.54, 1.807) is 31.4 Å². The van der Waals surface area contributed by atoms with Gasteiger partial charge in [0, 0.05) is 0 Å². The highest BCUT2D eigenvalue weighted by Gasteiger charge is 2.22. The zero-order chi connectivity index (χ0) is 22.1. The average molecular weight is 435 g/mol. The van der Waals surface area contributed by atoms with Crippen molar-refractivity contribution in [1.29, 1.82) is 0 Å². The van der Waals surface area contributed by atoms with Crippen molar-refractivity contribution in [3.63, 3.8) is 0 Å². The molecule has 0 aliphatic rings. The van der Waals surface area contributed by atoms with Crippen LogP contribution < -0.4 is 19.1 Å². The van der Waals surface area contributed by atoms with Crippen molar-refractivity contribution in [3.8, 4) is 11.5 Å². The number of nitrogens with one attached hydrogen (secondary N) is 1. The van der Waals surface area contributed by atoms with Gasteiger partial charge in [-0.15, -0.1) is 0 Å². The molecule has 1 amide bonds. The topological polar surface area (TPSA) is 84.9 Å². The Morgan fingerprint density at radius 3 is 2.13 bits per heavy atom. The number of amides is 1. The number of hydrogen-bond donors (Lipinski definition) is 1.